The third-order valence-corrected chi connectivity index (χ3v) is 3.53. The highest BCUT2D eigenvalue weighted by molar-refractivity contribution is 6.02. The number of hydrogen-bond acceptors (Lipinski definition) is 4. The van der Waals surface area contributed by atoms with E-state index >= 15 is 0 Å². The van der Waals surface area contributed by atoms with Gasteiger partial charge in [0.15, 0.2) is 6.61 Å². The van der Waals surface area contributed by atoms with Gasteiger partial charge in [-0.05, 0) is 25.0 Å². The standard InChI is InChI=1S/C17H23N3O3/c1-3-7-13(8-4-2)18-19-16(21)11-20-14-9-5-6-10-15(14)23-12-17(20)22/h5-6,9-10H,3-4,7-8,11-12H2,1-2H3,(H,19,21). The zero-order chi connectivity index (χ0) is 16.7. The molecule has 1 aliphatic heterocycles. The van der Waals surface area contributed by atoms with E-state index in [0.29, 0.717) is 11.4 Å². The Hall–Kier alpha value is -2.37. The van der Waals surface area contributed by atoms with E-state index in [0.717, 1.165) is 31.4 Å². The molecular weight excluding hydrogens is 294 g/mol. The Balaban J connectivity index is 2.02. The highest BCUT2D eigenvalue weighted by Gasteiger charge is 2.26. The normalized spacial score (nSPS) is 13.1. The van der Waals surface area contributed by atoms with Gasteiger partial charge in [-0.1, -0.05) is 38.8 Å². The van der Waals surface area contributed by atoms with Crippen LogP contribution in [0.4, 0.5) is 5.69 Å². The lowest BCUT2D eigenvalue weighted by atomic mass is 10.1. The number of hydrazone groups is 1. The molecule has 0 spiro atoms. The molecule has 0 saturated carbocycles. The highest BCUT2D eigenvalue weighted by atomic mass is 16.5. The number of anilines is 1. The number of nitrogens with one attached hydrogen (secondary N) is 1. The second-order valence-corrected chi connectivity index (χ2v) is 5.45. The molecule has 1 N–H and O–H groups in total. The topological polar surface area (TPSA) is 71.0 Å². The molecule has 1 aromatic carbocycles. The van der Waals surface area contributed by atoms with Crippen LogP contribution in [0.25, 0.3) is 0 Å². The summed E-state index contributed by atoms with van der Waals surface area (Å²) in [5, 5.41) is 4.20. The quantitative estimate of drug-likeness (QED) is 0.620. The van der Waals surface area contributed by atoms with E-state index in [1.165, 1.54) is 4.90 Å². The fraction of sp³-hybridized carbons (Fsp3) is 0.471. The van der Waals surface area contributed by atoms with Gasteiger partial charge in [-0.3, -0.25) is 14.5 Å². The highest BCUT2D eigenvalue weighted by Crippen LogP contribution is 2.31. The third kappa shape index (κ3) is 4.55. The Kier molecular flexibility index (Phi) is 6.14. The number of hydrogen-bond donors (Lipinski definition) is 1. The van der Waals surface area contributed by atoms with E-state index in [1.807, 2.05) is 12.1 Å². The largest absolute Gasteiger partial charge is 0.482 e. The van der Waals surface area contributed by atoms with Crippen molar-refractivity contribution >= 4 is 23.2 Å². The van der Waals surface area contributed by atoms with Crippen LogP contribution in [0.3, 0.4) is 0 Å². The summed E-state index contributed by atoms with van der Waals surface area (Å²) in [4.78, 5) is 25.6. The van der Waals surface area contributed by atoms with Crippen LogP contribution >= 0.6 is 0 Å². The zero-order valence-electron chi connectivity index (χ0n) is 13.7. The molecule has 2 rings (SSSR count). The molecule has 1 aromatic rings. The first-order chi connectivity index (χ1) is 11.2. The number of nitrogens with zero attached hydrogens (tertiary/aromatic N) is 2. The zero-order valence-corrected chi connectivity index (χ0v) is 13.7. The van der Waals surface area contributed by atoms with Crippen LogP contribution in [0.1, 0.15) is 39.5 Å². The molecule has 6 nitrogen and oxygen atoms in total. The molecular formula is C17H23N3O3. The van der Waals surface area contributed by atoms with Crippen molar-refractivity contribution in [3.8, 4) is 5.75 Å². The van der Waals surface area contributed by atoms with E-state index < -0.39 is 0 Å². The summed E-state index contributed by atoms with van der Waals surface area (Å²) in [6.45, 7) is 4.05. The van der Waals surface area contributed by atoms with Crippen molar-refractivity contribution in [2.24, 2.45) is 5.10 Å². The fourth-order valence-electron chi connectivity index (χ4n) is 2.46. The van der Waals surface area contributed by atoms with Crippen LogP contribution < -0.4 is 15.1 Å². The van der Waals surface area contributed by atoms with Crippen LogP contribution in [0.15, 0.2) is 29.4 Å². The van der Waals surface area contributed by atoms with Crippen molar-refractivity contribution in [1.82, 2.24) is 5.43 Å². The molecule has 0 aromatic heterocycles. The molecule has 1 heterocycles. The third-order valence-electron chi connectivity index (χ3n) is 3.53. The predicted octanol–water partition coefficient (Wildman–Crippen LogP) is 2.48. The molecule has 0 fully saturated rings. The van der Waals surface area contributed by atoms with Crippen LogP contribution in [0, 0.1) is 0 Å². The van der Waals surface area contributed by atoms with Crippen molar-refractivity contribution in [2.75, 3.05) is 18.1 Å². The summed E-state index contributed by atoms with van der Waals surface area (Å²) in [7, 11) is 0. The summed E-state index contributed by atoms with van der Waals surface area (Å²) >= 11 is 0. The number of ether oxygens (including phenoxy) is 1. The monoisotopic (exact) mass is 317 g/mol. The fourth-order valence-corrected chi connectivity index (χ4v) is 2.46. The Labute approximate surface area is 136 Å². The van der Waals surface area contributed by atoms with Crippen molar-refractivity contribution in [1.29, 1.82) is 0 Å². The lowest BCUT2D eigenvalue weighted by Gasteiger charge is -2.28. The summed E-state index contributed by atoms with van der Waals surface area (Å²) in [5.74, 6) is 0.0750. The summed E-state index contributed by atoms with van der Waals surface area (Å²) in [5.41, 5.74) is 4.16. The average Bonchev–Trinajstić information content (AvgIpc) is 2.56. The number of fused-ring (bicyclic) bond motifs is 1. The number of amides is 2. The van der Waals surface area contributed by atoms with E-state index in [4.69, 9.17) is 4.74 Å². The molecule has 1 aliphatic rings. The molecule has 0 aliphatic carbocycles. The van der Waals surface area contributed by atoms with Crippen LogP contribution in [0.2, 0.25) is 0 Å². The lowest BCUT2D eigenvalue weighted by molar-refractivity contribution is -0.125. The number of carbonyl (C=O) groups is 2. The van der Waals surface area contributed by atoms with Crippen LogP contribution in [0.5, 0.6) is 5.75 Å². The molecule has 2 amide bonds. The minimum Gasteiger partial charge on any atom is -0.482 e. The van der Waals surface area contributed by atoms with Gasteiger partial charge in [0.1, 0.15) is 12.3 Å². The molecule has 0 bridgehead atoms. The number of benzene rings is 1. The Morgan fingerprint density at radius 1 is 1.26 bits per heavy atom. The van der Waals surface area contributed by atoms with E-state index in [2.05, 4.69) is 24.4 Å². The first-order valence-corrected chi connectivity index (χ1v) is 8.02. The maximum Gasteiger partial charge on any atom is 0.265 e. The second kappa shape index (κ2) is 8.31. The molecule has 0 radical (unpaired) electrons. The molecule has 0 saturated heterocycles. The molecule has 124 valence electrons. The SMILES string of the molecule is CCCC(CCC)=NNC(=O)CN1C(=O)COc2ccccc21. The maximum absolute atomic E-state index is 12.1. The number of carbonyl (C=O) groups excluding carboxylic acids is 2. The second-order valence-electron chi connectivity index (χ2n) is 5.45. The van der Waals surface area contributed by atoms with Crippen LogP contribution in [-0.4, -0.2) is 30.7 Å². The van der Waals surface area contributed by atoms with Crippen molar-refractivity contribution in [3.05, 3.63) is 24.3 Å². The number of rotatable bonds is 7. The Morgan fingerprint density at radius 2 is 1.96 bits per heavy atom. The number of para-hydroxylation sites is 2. The van der Waals surface area contributed by atoms with Gasteiger partial charge < -0.3 is 4.74 Å². The van der Waals surface area contributed by atoms with E-state index in [1.54, 1.807) is 12.1 Å². The first kappa shape index (κ1) is 17.0. The molecule has 0 atom stereocenters. The van der Waals surface area contributed by atoms with Gasteiger partial charge in [0.2, 0.25) is 0 Å². The summed E-state index contributed by atoms with van der Waals surface area (Å²) in [6.07, 6.45) is 3.72. The summed E-state index contributed by atoms with van der Waals surface area (Å²) < 4.78 is 5.36. The average molecular weight is 317 g/mol. The van der Waals surface area contributed by atoms with Gasteiger partial charge in [-0.15, -0.1) is 0 Å². The first-order valence-electron chi connectivity index (χ1n) is 8.02. The maximum atomic E-state index is 12.1. The molecule has 6 heteroatoms. The van der Waals surface area contributed by atoms with Gasteiger partial charge in [0.25, 0.3) is 11.8 Å². The van der Waals surface area contributed by atoms with Crippen molar-refractivity contribution < 1.29 is 14.3 Å². The Bertz CT molecular complexity index is 591. The van der Waals surface area contributed by atoms with E-state index in [9.17, 15) is 9.59 Å². The Morgan fingerprint density at radius 3 is 2.65 bits per heavy atom. The predicted molar refractivity (Wildman–Crippen MR) is 89.7 cm³/mol. The van der Waals surface area contributed by atoms with Gasteiger partial charge >= 0.3 is 0 Å². The van der Waals surface area contributed by atoms with Gasteiger partial charge in [0.05, 0.1) is 5.69 Å². The van der Waals surface area contributed by atoms with Gasteiger partial charge in [-0.2, -0.15) is 5.10 Å². The minimum atomic E-state index is -0.306. The van der Waals surface area contributed by atoms with Crippen LogP contribution in [-0.2, 0) is 9.59 Å². The molecule has 0 unspecified atom stereocenters. The van der Waals surface area contributed by atoms with E-state index in [-0.39, 0.29) is 25.0 Å². The van der Waals surface area contributed by atoms with Gasteiger partial charge in [0, 0.05) is 5.71 Å². The summed E-state index contributed by atoms with van der Waals surface area (Å²) in [6, 6.07) is 7.19. The smallest absolute Gasteiger partial charge is 0.265 e. The van der Waals surface area contributed by atoms with Crippen molar-refractivity contribution in [2.45, 2.75) is 39.5 Å². The lowest BCUT2D eigenvalue weighted by Crippen LogP contribution is -2.44. The molecule has 23 heavy (non-hydrogen) atoms. The minimum absolute atomic E-state index is 0.0511. The van der Waals surface area contributed by atoms with Crippen molar-refractivity contribution in [3.63, 3.8) is 0 Å². The van der Waals surface area contributed by atoms with Gasteiger partial charge in [-0.25, -0.2) is 5.43 Å².